The third-order valence-electron chi connectivity index (χ3n) is 4.23. The monoisotopic (exact) mass is 367 g/mol. The SMILES string of the molecule is CN(C)c1ccc(N)cc1CN(Cc1cccc(F)c1)C(=O)c1ccco1. The molecule has 2 N–H and O–H groups in total. The summed E-state index contributed by atoms with van der Waals surface area (Å²) in [6.45, 7) is 0.563. The maximum atomic E-state index is 13.6. The minimum absolute atomic E-state index is 0.238. The Morgan fingerprint density at radius 1 is 1.07 bits per heavy atom. The lowest BCUT2D eigenvalue weighted by atomic mass is 10.1. The van der Waals surface area contributed by atoms with Gasteiger partial charge in [0, 0.05) is 38.6 Å². The first-order valence-electron chi connectivity index (χ1n) is 8.57. The molecule has 3 rings (SSSR count). The summed E-state index contributed by atoms with van der Waals surface area (Å²) < 4.78 is 18.9. The summed E-state index contributed by atoms with van der Waals surface area (Å²) in [5.41, 5.74) is 9.13. The van der Waals surface area contributed by atoms with E-state index in [2.05, 4.69) is 0 Å². The first kappa shape index (κ1) is 18.5. The van der Waals surface area contributed by atoms with Crippen LogP contribution >= 0.6 is 0 Å². The molecule has 5 nitrogen and oxygen atoms in total. The van der Waals surface area contributed by atoms with Gasteiger partial charge in [-0.3, -0.25) is 4.79 Å². The maximum absolute atomic E-state index is 13.6. The van der Waals surface area contributed by atoms with Crippen molar-refractivity contribution in [1.82, 2.24) is 4.90 Å². The van der Waals surface area contributed by atoms with E-state index < -0.39 is 0 Å². The van der Waals surface area contributed by atoms with Crippen molar-refractivity contribution in [2.24, 2.45) is 0 Å². The van der Waals surface area contributed by atoms with Crippen LogP contribution in [0.25, 0.3) is 0 Å². The molecular weight excluding hydrogens is 345 g/mol. The predicted molar refractivity (Wildman–Crippen MR) is 104 cm³/mol. The number of nitrogens with zero attached hydrogens (tertiary/aromatic N) is 2. The fourth-order valence-electron chi connectivity index (χ4n) is 2.99. The molecular formula is C21H22FN3O2. The number of amides is 1. The van der Waals surface area contributed by atoms with E-state index in [1.807, 2.05) is 37.2 Å². The van der Waals surface area contributed by atoms with Crippen LogP contribution in [0, 0.1) is 5.82 Å². The van der Waals surface area contributed by atoms with Gasteiger partial charge in [0.15, 0.2) is 5.76 Å². The Hall–Kier alpha value is -3.28. The summed E-state index contributed by atoms with van der Waals surface area (Å²) in [5.74, 6) is -0.367. The summed E-state index contributed by atoms with van der Waals surface area (Å²) in [7, 11) is 3.86. The minimum Gasteiger partial charge on any atom is -0.459 e. The number of anilines is 2. The largest absolute Gasteiger partial charge is 0.459 e. The molecule has 0 atom stereocenters. The standard InChI is InChI=1S/C21H22FN3O2/c1-24(2)19-9-8-18(23)12-16(19)14-25(21(26)20-7-4-10-27-20)13-15-5-3-6-17(22)11-15/h3-12H,13-14,23H2,1-2H3. The van der Waals surface area contributed by atoms with Gasteiger partial charge in [0.25, 0.3) is 5.91 Å². The number of benzene rings is 2. The molecule has 0 saturated carbocycles. The first-order chi connectivity index (χ1) is 12.9. The van der Waals surface area contributed by atoms with Crippen molar-refractivity contribution in [2.45, 2.75) is 13.1 Å². The highest BCUT2D eigenvalue weighted by molar-refractivity contribution is 5.91. The van der Waals surface area contributed by atoms with Gasteiger partial charge in [-0.2, -0.15) is 0 Å². The van der Waals surface area contributed by atoms with Crippen LogP contribution < -0.4 is 10.6 Å². The molecule has 140 valence electrons. The van der Waals surface area contributed by atoms with E-state index in [9.17, 15) is 9.18 Å². The average Bonchev–Trinajstić information content (AvgIpc) is 3.15. The van der Waals surface area contributed by atoms with Crippen LogP contribution in [0.1, 0.15) is 21.7 Å². The number of furan rings is 1. The van der Waals surface area contributed by atoms with Gasteiger partial charge < -0.3 is 20.0 Å². The molecule has 1 aromatic heterocycles. The molecule has 1 amide bonds. The Labute approximate surface area is 157 Å². The Morgan fingerprint density at radius 3 is 2.56 bits per heavy atom. The van der Waals surface area contributed by atoms with Crippen LogP contribution in [-0.4, -0.2) is 24.9 Å². The lowest BCUT2D eigenvalue weighted by Crippen LogP contribution is -2.30. The molecule has 0 radical (unpaired) electrons. The van der Waals surface area contributed by atoms with E-state index in [4.69, 9.17) is 10.2 Å². The molecule has 0 aliphatic heterocycles. The molecule has 3 aromatic rings. The fraction of sp³-hybridized carbons (Fsp3) is 0.190. The molecule has 0 fully saturated rings. The lowest BCUT2D eigenvalue weighted by molar-refractivity contribution is 0.0697. The van der Waals surface area contributed by atoms with Gasteiger partial charge in [0.2, 0.25) is 0 Å². The molecule has 0 spiro atoms. The predicted octanol–water partition coefficient (Wildman–Crippen LogP) is 3.91. The van der Waals surface area contributed by atoms with E-state index in [1.54, 1.807) is 29.2 Å². The van der Waals surface area contributed by atoms with E-state index in [0.717, 1.165) is 11.3 Å². The van der Waals surface area contributed by atoms with Crippen LogP contribution in [0.15, 0.2) is 65.3 Å². The third kappa shape index (κ3) is 4.47. The average molecular weight is 367 g/mol. The third-order valence-corrected chi connectivity index (χ3v) is 4.23. The van der Waals surface area contributed by atoms with Crippen LogP contribution in [0.3, 0.4) is 0 Å². The highest BCUT2D eigenvalue weighted by Crippen LogP contribution is 2.25. The Kier molecular flexibility index (Phi) is 5.45. The number of halogens is 1. The zero-order chi connectivity index (χ0) is 19.4. The molecule has 1 heterocycles. The first-order valence-corrected chi connectivity index (χ1v) is 8.57. The lowest BCUT2D eigenvalue weighted by Gasteiger charge is -2.25. The topological polar surface area (TPSA) is 62.7 Å². The molecule has 27 heavy (non-hydrogen) atoms. The van der Waals surface area contributed by atoms with Crippen molar-refractivity contribution in [3.63, 3.8) is 0 Å². The van der Waals surface area contributed by atoms with E-state index >= 15 is 0 Å². The number of hydrogen-bond acceptors (Lipinski definition) is 4. The molecule has 2 aromatic carbocycles. The van der Waals surface area contributed by atoms with E-state index in [0.29, 0.717) is 17.8 Å². The number of hydrogen-bond donors (Lipinski definition) is 1. The molecule has 0 saturated heterocycles. The summed E-state index contributed by atoms with van der Waals surface area (Å²) in [4.78, 5) is 16.5. The van der Waals surface area contributed by atoms with Gasteiger partial charge in [0.1, 0.15) is 5.82 Å². The van der Waals surface area contributed by atoms with Gasteiger partial charge in [0.05, 0.1) is 6.26 Å². The van der Waals surface area contributed by atoms with Gasteiger partial charge >= 0.3 is 0 Å². The molecule has 0 unspecified atom stereocenters. The molecule has 0 aliphatic carbocycles. The maximum Gasteiger partial charge on any atom is 0.290 e. The van der Waals surface area contributed by atoms with Gasteiger partial charge in [-0.05, 0) is 53.6 Å². The number of nitrogens with two attached hydrogens (primary N) is 1. The Bertz CT molecular complexity index is 923. The Morgan fingerprint density at radius 2 is 1.89 bits per heavy atom. The van der Waals surface area contributed by atoms with E-state index in [1.165, 1.54) is 18.4 Å². The van der Waals surface area contributed by atoms with Crippen molar-refractivity contribution in [3.05, 3.63) is 83.6 Å². The normalized spacial score (nSPS) is 10.6. The number of nitrogen functional groups attached to an aromatic ring is 1. The number of rotatable bonds is 6. The Balaban J connectivity index is 1.95. The fourth-order valence-corrected chi connectivity index (χ4v) is 2.99. The highest BCUT2D eigenvalue weighted by Gasteiger charge is 2.21. The van der Waals surface area contributed by atoms with Crippen molar-refractivity contribution in [3.8, 4) is 0 Å². The molecule has 0 aliphatic rings. The smallest absolute Gasteiger partial charge is 0.290 e. The van der Waals surface area contributed by atoms with Crippen molar-refractivity contribution >= 4 is 17.3 Å². The number of carbonyl (C=O) groups is 1. The van der Waals surface area contributed by atoms with Crippen molar-refractivity contribution < 1.29 is 13.6 Å². The van der Waals surface area contributed by atoms with E-state index in [-0.39, 0.29) is 24.0 Å². The van der Waals surface area contributed by atoms with Gasteiger partial charge in [-0.1, -0.05) is 12.1 Å². The van der Waals surface area contributed by atoms with Crippen LogP contribution in [0.2, 0.25) is 0 Å². The van der Waals surface area contributed by atoms with Crippen LogP contribution in [0.5, 0.6) is 0 Å². The van der Waals surface area contributed by atoms with Crippen LogP contribution in [-0.2, 0) is 13.1 Å². The summed E-state index contributed by atoms with van der Waals surface area (Å²) >= 11 is 0. The van der Waals surface area contributed by atoms with Crippen molar-refractivity contribution in [2.75, 3.05) is 24.7 Å². The van der Waals surface area contributed by atoms with Gasteiger partial charge in [-0.15, -0.1) is 0 Å². The second-order valence-electron chi connectivity index (χ2n) is 6.55. The quantitative estimate of drug-likeness (QED) is 0.671. The van der Waals surface area contributed by atoms with Crippen molar-refractivity contribution in [1.29, 1.82) is 0 Å². The zero-order valence-electron chi connectivity index (χ0n) is 15.4. The minimum atomic E-state index is -0.337. The summed E-state index contributed by atoms with van der Waals surface area (Å²) in [5, 5.41) is 0. The summed E-state index contributed by atoms with van der Waals surface area (Å²) in [6.07, 6.45) is 1.46. The number of carbonyl (C=O) groups excluding carboxylic acids is 1. The zero-order valence-corrected chi connectivity index (χ0v) is 15.4. The highest BCUT2D eigenvalue weighted by atomic mass is 19.1. The molecule has 0 bridgehead atoms. The van der Waals surface area contributed by atoms with Crippen LogP contribution in [0.4, 0.5) is 15.8 Å². The van der Waals surface area contributed by atoms with Gasteiger partial charge in [-0.25, -0.2) is 4.39 Å². The molecule has 6 heteroatoms. The second kappa shape index (κ2) is 7.95. The summed E-state index contributed by atoms with van der Waals surface area (Å²) in [6, 6.07) is 15.1. The second-order valence-corrected chi connectivity index (χ2v) is 6.55.